The molecule has 0 saturated heterocycles. The summed E-state index contributed by atoms with van der Waals surface area (Å²) in [5.41, 5.74) is 3.28. The number of ether oxygens (including phenoxy) is 1. The van der Waals surface area contributed by atoms with Crippen LogP contribution in [0.25, 0.3) is 20.8 Å². The number of aryl methyl sites for hydroxylation is 2. The monoisotopic (exact) mass is 507 g/mol. The van der Waals surface area contributed by atoms with Crippen molar-refractivity contribution in [1.29, 1.82) is 0 Å². The summed E-state index contributed by atoms with van der Waals surface area (Å²) in [7, 11) is 0. The zero-order valence-corrected chi connectivity index (χ0v) is 22.0. The van der Waals surface area contributed by atoms with Crippen molar-refractivity contribution in [2.75, 3.05) is 24.7 Å². The smallest absolute Gasteiger partial charge is 0.189 e. The van der Waals surface area contributed by atoms with Crippen molar-refractivity contribution in [2.24, 2.45) is 5.92 Å². The highest BCUT2D eigenvalue weighted by Crippen LogP contribution is 2.37. The Bertz CT molecular complexity index is 1120. The summed E-state index contributed by atoms with van der Waals surface area (Å²) in [6.45, 7) is 8.71. The van der Waals surface area contributed by atoms with Crippen LogP contribution in [-0.2, 0) is 4.74 Å². The third-order valence-corrected chi connectivity index (χ3v) is 7.08. The van der Waals surface area contributed by atoms with Gasteiger partial charge in [-0.3, -0.25) is 4.98 Å². The predicted octanol–water partition coefficient (Wildman–Crippen LogP) is 3.39. The van der Waals surface area contributed by atoms with Crippen LogP contribution < -0.4 is 5.32 Å². The lowest BCUT2D eigenvalue weighted by Crippen LogP contribution is -2.44. The first-order valence-corrected chi connectivity index (χ1v) is 13.2. The molecule has 34 heavy (non-hydrogen) atoms. The van der Waals surface area contributed by atoms with Crippen LogP contribution in [0.3, 0.4) is 0 Å². The number of aromatic nitrogens is 4. The molecule has 0 spiro atoms. The Morgan fingerprint density at radius 2 is 1.94 bits per heavy atom. The minimum atomic E-state index is -1.42. The van der Waals surface area contributed by atoms with E-state index in [-0.39, 0.29) is 6.54 Å². The fraction of sp³-hybridized carbons (Fsp3) is 0.565. The second kappa shape index (κ2) is 11.2. The number of aliphatic hydroxyl groups excluding tert-OH is 2. The van der Waals surface area contributed by atoms with Gasteiger partial charge in [0.2, 0.25) is 0 Å². The Morgan fingerprint density at radius 3 is 2.53 bits per heavy atom. The zero-order valence-electron chi connectivity index (χ0n) is 20.4. The summed E-state index contributed by atoms with van der Waals surface area (Å²) in [4.78, 5) is 18.5. The van der Waals surface area contributed by atoms with Crippen LogP contribution in [0.15, 0.2) is 17.4 Å². The molecule has 0 radical (unpaired) electrons. The van der Waals surface area contributed by atoms with Gasteiger partial charge in [0.05, 0.1) is 40.5 Å². The van der Waals surface area contributed by atoms with Crippen LogP contribution in [0.1, 0.15) is 38.6 Å². The molecule has 0 fully saturated rings. The van der Waals surface area contributed by atoms with E-state index in [1.165, 1.54) is 11.8 Å². The lowest BCUT2D eigenvalue weighted by Gasteiger charge is -2.34. The molecule has 0 amide bonds. The maximum atomic E-state index is 10.4. The second-order valence-electron chi connectivity index (χ2n) is 8.59. The third-order valence-electron chi connectivity index (χ3n) is 5.50. The number of hydrogen-bond donors (Lipinski definition) is 4. The van der Waals surface area contributed by atoms with Crippen LogP contribution in [0.5, 0.6) is 0 Å². The van der Waals surface area contributed by atoms with Gasteiger partial charge in [-0.15, -0.1) is 11.3 Å². The number of fused-ring (bicyclic) bond motifs is 1. The van der Waals surface area contributed by atoms with Gasteiger partial charge in [0, 0.05) is 18.7 Å². The molecule has 0 aliphatic rings. The molecule has 2 unspecified atom stereocenters. The Balaban J connectivity index is 2.01. The van der Waals surface area contributed by atoms with Gasteiger partial charge in [-0.05, 0) is 46.4 Å². The number of rotatable bonds is 11. The third kappa shape index (κ3) is 6.21. The summed E-state index contributed by atoms with van der Waals surface area (Å²) in [6.07, 6.45) is 2.67. The minimum Gasteiger partial charge on any atom is -0.394 e. The van der Waals surface area contributed by atoms with E-state index in [9.17, 15) is 15.3 Å². The van der Waals surface area contributed by atoms with Crippen molar-refractivity contribution >= 4 is 39.1 Å². The van der Waals surface area contributed by atoms with E-state index in [1.54, 1.807) is 31.4 Å². The van der Waals surface area contributed by atoms with E-state index in [1.807, 2.05) is 33.1 Å². The van der Waals surface area contributed by atoms with E-state index >= 15 is 0 Å². The molecule has 0 aromatic carbocycles. The van der Waals surface area contributed by atoms with Crippen LogP contribution in [0.4, 0.5) is 5.82 Å². The number of thioether (sulfide) groups is 1. The molecule has 3 rings (SSSR count). The van der Waals surface area contributed by atoms with Gasteiger partial charge in [-0.2, -0.15) is 0 Å². The van der Waals surface area contributed by atoms with Gasteiger partial charge < -0.3 is 25.4 Å². The predicted molar refractivity (Wildman–Crippen MR) is 136 cm³/mol. The molecule has 0 aliphatic carbocycles. The molecule has 0 saturated carbocycles. The first kappa shape index (κ1) is 26.7. The van der Waals surface area contributed by atoms with Crippen molar-refractivity contribution in [3.63, 3.8) is 0 Å². The lowest BCUT2D eigenvalue weighted by atomic mass is 9.92. The van der Waals surface area contributed by atoms with E-state index in [0.29, 0.717) is 17.4 Å². The van der Waals surface area contributed by atoms with Gasteiger partial charge in [0.25, 0.3) is 0 Å². The summed E-state index contributed by atoms with van der Waals surface area (Å²) in [5.74, 6) is -1.22. The van der Waals surface area contributed by atoms with Crippen LogP contribution >= 0.6 is 23.1 Å². The highest BCUT2D eigenvalue weighted by molar-refractivity contribution is 7.98. The van der Waals surface area contributed by atoms with Gasteiger partial charge >= 0.3 is 0 Å². The van der Waals surface area contributed by atoms with E-state index in [0.717, 1.165) is 32.2 Å². The number of anilines is 1. The maximum Gasteiger partial charge on any atom is 0.189 e. The van der Waals surface area contributed by atoms with Crippen molar-refractivity contribution in [3.05, 3.63) is 23.7 Å². The first-order chi connectivity index (χ1) is 16.1. The molecule has 11 heteroatoms. The molecule has 3 heterocycles. The molecule has 0 aliphatic heterocycles. The number of pyridine rings is 1. The molecular formula is C23H33N5O4S2. The average molecular weight is 508 g/mol. The molecule has 9 nitrogen and oxygen atoms in total. The largest absolute Gasteiger partial charge is 0.394 e. The van der Waals surface area contributed by atoms with Crippen LogP contribution in [-0.4, -0.2) is 72.7 Å². The van der Waals surface area contributed by atoms with Gasteiger partial charge in [0.1, 0.15) is 16.3 Å². The highest BCUT2D eigenvalue weighted by atomic mass is 32.2. The molecular weight excluding hydrogens is 474 g/mol. The molecule has 0 bridgehead atoms. The topological polar surface area (TPSA) is 134 Å². The Morgan fingerprint density at radius 1 is 1.21 bits per heavy atom. The standard InChI is InChI=1S/C23H33N5O4S2/c1-7-14(15(30)11-29)16(32-23(4,5)31)10-25-20-18(12(2)26-22(28-20)33-6)21-27-19-13(3)24-9-8-17(19)34-21/h8-9,14-16,29-31H,7,10-11H2,1-6H3,(H,25,26,28)/t14?,15?,16-/m0/s1. The fourth-order valence-corrected chi connectivity index (χ4v) is 5.40. The summed E-state index contributed by atoms with van der Waals surface area (Å²) < 4.78 is 6.91. The second-order valence-corrected chi connectivity index (χ2v) is 10.4. The Labute approximate surface area is 208 Å². The van der Waals surface area contributed by atoms with E-state index < -0.39 is 30.5 Å². The van der Waals surface area contributed by atoms with E-state index in [2.05, 4.69) is 15.3 Å². The van der Waals surface area contributed by atoms with Gasteiger partial charge in [-0.1, -0.05) is 18.7 Å². The minimum absolute atomic E-state index is 0.252. The summed E-state index contributed by atoms with van der Waals surface area (Å²) >= 11 is 2.99. The van der Waals surface area contributed by atoms with Gasteiger partial charge in [-0.25, -0.2) is 15.0 Å². The SMILES string of the molecule is CCC(C(O)CO)[C@H](CNc1nc(SC)nc(C)c1-c1nc2c(C)nccc2s1)OC(C)(C)O. The van der Waals surface area contributed by atoms with Crippen molar-refractivity contribution in [1.82, 2.24) is 19.9 Å². The number of thiazole rings is 1. The normalized spacial score (nSPS) is 14.9. The van der Waals surface area contributed by atoms with E-state index in [4.69, 9.17) is 14.7 Å². The molecule has 3 aromatic heterocycles. The molecule has 4 N–H and O–H groups in total. The van der Waals surface area contributed by atoms with Crippen molar-refractivity contribution in [3.8, 4) is 10.6 Å². The molecule has 3 atom stereocenters. The number of aliphatic hydroxyl groups is 3. The fourth-order valence-electron chi connectivity index (χ4n) is 3.88. The van der Waals surface area contributed by atoms with Gasteiger partial charge in [0.15, 0.2) is 10.9 Å². The number of hydrogen-bond acceptors (Lipinski definition) is 11. The summed E-state index contributed by atoms with van der Waals surface area (Å²) in [5, 5.41) is 35.0. The quantitative estimate of drug-likeness (QED) is 0.174. The summed E-state index contributed by atoms with van der Waals surface area (Å²) in [6, 6.07) is 1.94. The van der Waals surface area contributed by atoms with Crippen LogP contribution in [0, 0.1) is 19.8 Å². The Kier molecular flexibility index (Phi) is 8.82. The Hall–Kier alpha value is -1.89. The zero-order chi connectivity index (χ0) is 25.0. The van der Waals surface area contributed by atoms with Crippen molar-refractivity contribution < 1.29 is 20.1 Å². The lowest BCUT2D eigenvalue weighted by molar-refractivity contribution is -0.221. The highest BCUT2D eigenvalue weighted by Gasteiger charge is 2.32. The van der Waals surface area contributed by atoms with Crippen LogP contribution in [0.2, 0.25) is 0 Å². The van der Waals surface area contributed by atoms with Crippen molar-refractivity contribution in [2.45, 2.75) is 64.2 Å². The molecule has 186 valence electrons. The average Bonchev–Trinajstić information content (AvgIpc) is 3.21. The molecule has 3 aromatic rings. The number of nitrogens with zero attached hydrogens (tertiary/aromatic N) is 4. The first-order valence-electron chi connectivity index (χ1n) is 11.2. The maximum absolute atomic E-state index is 10.4. The number of nitrogens with one attached hydrogen (secondary N) is 1.